The molecule has 5 nitrogen and oxygen atoms in total. The molecule has 0 spiro atoms. The lowest BCUT2D eigenvalue weighted by atomic mass is 9.93. The number of aromatic nitrogens is 2. The Balaban J connectivity index is 1.58. The van der Waals surface area contributed by atoms with Crippen molar-refractivity contribution >= 4 is 23.6 Å². The first-order valence-electron chi connectivity index (χ1n) is 9.09. The lowest BCUT2D eigenvalue weighted by Crippen LogP contribution is -2.42. The third kappa shape index (κ3) is 4.75. The van der Waals surface area contributed by atoms with Gasteiger partial charge in [0.2, 0.25) is 11.9 Å². The van der Waals surface area contributed by atoms with Gasteiger partial charge in [-0.05, 0) is 68.9 Å². The average Bonchev–Trinajstić information content (AvgIpc) is 3.18. The van der Waals surface area contributed by atoms with Crippen LogP contribution in [-0.4, -0.2) is 40.5 Å². The molecule has 1 heterocycles. The van der Waals surface area contributed by atoms with Gasteiger partial charge < -0.3 is 10.6 Å². The maximum Gasteiger partial charge on any atom is 0.242 e. The Kier molecular flexibility index (Phi) is 5.99. The fourth-order valence-corrected chi connectivity index (χ4v) is 4.41. The molecular weight excluding hydrogens is 332 g/mol. The van der Waals surface area contributed by atoms with E-state index in [2.05, 4.69) is 39.0 Å². The van der Waals surface area contributed by atoms with E-state index in [-0.39, 0.29) is 11.9 Å². The minimum Gasteiger partial charge on any atom is -0.354 e. The fraction of sp³-hybridized carbons (Fsp3) is 0.632. The lowest BCUT2D eigenvalue weighted by Gasteiger charge is -2.22. The van der Waals surface area contributed by atoms with Crippen molar-refractivity contribution < 1.29 is 4.79 Å². The molecule has 0 aliphatic heterocycles. The highest BCUT2D eigenvalue weighted by Crippen LogP contribution is 2.42. The Morgan fingerprint density at radius 1 is 1.28 bits per heavy atom. The number of nitrogens with zero attached hydrogens (tertiary/aromatic N) is 2. The molecule has 136 valence electrons. The second-order valence-electron chi connectivity index (χ2n) is 7.24. The third-order valence-electron chi connectivity index (χ3n) is 5.17. The van der Waals surface area contributed by atoms with E-state index in [0.29, 0.717) is 17.8 Å². The lowest BCUT2D eigenvalue weighted by molar-refractivity contribution is -0.122. The van der Waals surface area contributed by atoms with E-state index in [9.17, 15) is 4.79 Å². The maximum atomic E-state index is 12.7. The van der Waals surface area contributed by atoms with Gasteiger partial charge in [-0.1, -0.05) is 12.2 Å². The second-order valence-corrected chi connectivity index (χ2v) is 8.22. The molecule has 25 heavy (non-hydrogen) atoms. The van der Waals surface area contributed by atoms with Crippen LogP contribution in [0.4, 0.5) is 5.95 Å². The van der Waals surface area contributed by atoms with Crippen molar-refractivity contribution in [1.82, 2.24) is 15.3 Å². The molecule has 1 fully saturated rings. The number of carbonyl (C=O) groups excluding carboxylic acids is 1. The van der Waals surface area contributed by atoms with Gasteiger partial charge in [0.15, 0.2) is 0 Å². The smallest absolute Gasteiger partial charge is 0.242 e. The zero-order valence-corrected chi connectivity index (χ0v) is 16.1. The fourth-order valence-electron chi connectivity index (χ4n) is 3.94. The molecule has 1 saturated carbocycles. The van der Waals surface area contributed by atoms with Crippen LogP contribution in [0.25, 0.3) is 0 Å². The number of anilines is 1. The summed E-state index contributed by atoms with van der Waals surface area (Å²) >= 11 is 1.75. The van der Waals surface area contributed by atoms with Crippen LogP contribution in [0, 0.1) is 31.6 Å². The van der Waals surface area contributed by atoms with E-state index in [1.165, 1.54) is 12.8 Å². The van der Waals surface area contributed by atoms with Crippen molar-refractivity contribution in [2.45, 2.75) is 39.2 Å². The Morgan fingerprint density at radius 3 is 2.64 bits per heavy atom. The molecule has 2 N–H and O–H groups in total. The highest BCUT2D eigenvalue weighted by Gasteiger charge is 2.35. The van der Waals surface area contributed by atoms with Crippen LogP contribution in [-0.2, 0) is 4.79 Å². The summed E-state index contributed by atoms with van der Waals surface area (Å²) < 4.78 is 0. The molecule has 2 aliphatic rings. The van der Waals surface area contributed by atoms with Crippen LogP contribution in [0.3, 0.4) is 0 Å². The van der Waals surface area contributed by atoms with Crippen molar-refractivity contribution in [3.8, 4) is 0 Å². The largest absolute Gasteiger partial charge is 0.354 e. The van der Waals surface area contributed by atoms with Crippen LogP contribution in [0.15, 0.2) is 18.2 Å². The van der Waals surface area contributed by atoms with Gasteiger partial charge in [0, 0.05) is 17.9 Å². The molecule has 1 amide bonds. The summed E-state index contributed by atoms with van der Waals surface area (Å²) in [6, 6.07) is 1.65. The number of nitrogens with one attached hydrogen (secondary N) is 2. The Morgan fingerprint density at radius 2 is 2.04 bits per heavy atom. The molecule has 3 rings (SSSR count). The highest BCUT2D eigenvalue weighted by atomic mass is 32.2. The minimum atomic E-state index is -0.289. The van der Waals surface area contributed by atoms with Crippen LogP contribution < -0.4 is 10.6 Å². The van der Waals surface area contributed by atoms with Gasteiger partial charge in [-0.15, -0.1) is 0 Å². The molecule has 6 heteroatoms. The van der Waals surface area contributed by atoms with Crippen molar-refractivity contribution in [1.29, 1.82) is 0 Å². The first kappa shape index (κ1) is 18.2. The van der Waals surface area contributed by atoms with Crippen molar-refractivity contribution in [3.63, 3.8) is 0 Å². The summed E-state index contributed by atoms with van der Waals surface area (Å²) in [4.78, 5) is 21.6. The predicted molar refractivity (Wildman–Crippen MR) is 104 cm³/mol. The standard InChI is InChI=1S/C19H28N4OS/c1-12-8-13(2)22-19(21-12)23-17(6-7-25-3)18(24)20-11-16-10-14-4-5-15(16)9-14/h4-5,8,14-17H,6-7,9-11H2,1-3H3,(H,20,24)(H,21,22,23)/t14-,15-,16+,17-/m0/s1. The summed E-state index contributed by atoms with van der Waals surface area (Å²) in [5.74, 6) is 3.52. The summed E-state index contributed by atoms with van der Waals surface area (Å²) in [5, 5.41) is 6.41. The monoisotopic (exact) mass is 360 g/mol. The number of aryl methyl sites for hydroxylation is 2. The number of allylic oxidation sites excluding steroid dienone is 2. The first-order chi connectivity index (χ1) is 12.0. The first-order valence-corrected chi connectivity index (χ1v) is 10.5. The SMILES string of the molecule is CSCC[C@H](Nc1nc(C)cc(C)n1)C(=O)NC[C@H]1C[C@H]2C=C[C@H]1C2. The van der Waals surface area contributed by atoms with Crippen LogP contribution in [0.2, 0.25) is 0 Å². The van der Waals surface area contributed by atoms with Gasteiger partial charge in [-0.25, -0.2) is 9.97 Å². The van der Waals surface area contributed by atoms with Crippen LogP contribution >= 0.6 is 11.8 Å². The van der Waals surface area contributed by atoms with E-state index in [1.807, 2.05) is 19.9 Å². The number of thioether (sulfide) groups is 1. The predicted octanol–water partition coefficient (Wildman–Crippen LogP) is 2.96. The molecule has 2 bridgehead atoms. The molecule has 0 saturated heterocycles. The zero-order valence-electron chi connectivity index (χ0n) is 15.3. The number of hydrogen-bond donors (Lipinski definition) is 2. The number of fused-ring (bicyclic) bond motifs is 2. The Hall–Kier alpha value is -1.56. The third-order valence-corrected chi connectivity index (χ3v) is 5.81. The van der Waals surface area contributed by atoms with Crippen molar-refractivity contribution in [2.75, 3.05) is 23.9 Å². The molecule has 2 aliphatic carbocycles. The molecule has 0 aromatic carbocycles. The van der Waals surface area contributed by atoms with Gasteiger partial charge in [-0.2, -0.15) is 11.8 Å². The summed E-state index contributed by atoms with van der Waals surface area (Å²) in [7, 11) is 0. The number of carbonyl (C=O) groups is 1. The molecule has 4 atom stereocenters. The van der Waals surface area contributed by atoms with E-state index in [0.717, 1.165) is 36.0 Å². The normalized spacial score (nSPS) is 25.2. The van der Waals surface area contributed by atoms with Crippen molar-refractivity contribution in [3.05, 3.63) is 29.6 Å². The van der Waals surface area contributed by atoms with E-state index >= 15 is 0 Å². The topological polar surface area (TPSA) is 66.9 Å². The van der Waals surface area contributed by atoms with Gasteiger partial charge >= 0.3 is 0 Å². The van der Waals surface area contributed by atoms with Gasteiger partial charge in [0.05, 0.1) is 0 Å². The van der Waals surface area contributed by atoms with Gasteiger partial charge in [0.25, 0.3) is 0 Å². The molecule has 0 unspecified atom stereocenters. The summed E-state index contributed by atoms with van der Waals surface area (Å²) in [6.07, 6.45) is 9.97. The van der Waals surface area contributed by atoms with Gasteiger partial charge in [0.1, 0.15) is 6.04 Å². The van der Waals surface area contributed by atoms with E-state index in [4.69, 9.17) is 0 Å². The Labute approximate surface area is 154 Å². The average molecular weight is 361 g/mol. The molecule has 0 radical (unpaired) electrons. The highest BCUT2D eigenvalue weighted by molar-refractivity contribution is 7.98. The van der Waals surface area contributed by atoms with E-state index in [1.54, 1.807) is 11.8 Å². The zero-order chi connectivity index (χ0) is 17.8. The maximum absolute atomic E-state index is 12.7. The molecule has 1 aromatic rings. The number of rotatable bonds is 8. The van der Waals surface area contributed by atoms with Crippen LogP contribution in [0.1, 0.15) is 30.7 Å². The second kappa shape index (κ2) is 8.21. The number of hydrogen-bond acceptors (Lipinski definition) is 5. The minimum absolute atomic E-state index is 0.0589. The Bertz CT molecular complexity index is 628. The molecule has 1 aromatic heterocycles. The quantitative estimate of drug-likeness (QED) is 0.698. The van der Waals surface area contributed by atoms with Crippen LogP contribution in [0.5, 0.6) is 0 Å². The molecular formula is C19H28N4OS. The van der Waals surface area contributed by atoms with E-state index < -0.39 is 0 Å². The number of amides is 1. The van der Waals surface area contributed by atoms with Crippen molar-refractivity contribution in [2.24, 2.45) is 17.8 Å². The summed E-state index contributed by atoms with van der Waals surface area (Å²) in [6.45, 7) is 4.66. The van der Waals surface area contributed by atoms with Gasteiger partial charge in [-0.3, -0.25) is 4.79 Å². The summed E-state index contributed by atoms with van der Waals surface area (Å²) in [5.41, 5.74) is 1.82.